The largest absolute Gasteiger partial charge is 0.533 e. The van der Waals surface area contributed by atoms with E-state index in [1.807, 2.05) is 0 Å². The van der Waals surface area contributed by atoms with Gasteiger partial charge in [-0.1, -0.05) is 36.9 Å². The van der Waals surface area contributed by atoms with Gasteiger partial charge in [0.15, 0.2) is 0 Å². The van der Waals surface area contributed by atoms with Crippen molar-refractivity contribution >= 4 is 11.9 Å². The van der Waals surface area contributed by atoms with Crippen molar-refractivity contribution in [3.63, 3.8) is 0 Å². The molecule has 0 unspecified atom stereocenters. The number of nitrogens with one attached hydrogen (secondary N) is 1. The van der Waals surface area contributed by atoms with E-state index in [2.05, 4.69) is 21.6 Å². The number of hydrogen-bond donors (Lipinski definition) is 1. The lowest BCUT2D eigenvalue weighted by Gasteiger charge is -2.07. The molecular formula is C12H13NO4. The monoisotopic (exact) mass is 235 g/mol. The molecule has 0 atom stereocenters. The maximum absolute atomic E-state index is 11.7. The highest BCUT2D eigenvalue weighted by Crippen LogP contribution is 2.04. The fourth-order valence-electron chi connectivity index (χ4n) is 1.06. The molecule has 1 aromatic carbocycles. The van der Waals surface area contributed by atoms with E-state index in [-0.39, 0.29) is 18.1 Å². The molecular weight excluding hydrogens is 222 g/mol. The molecule has 5 heteroatoms. The van der Waals surface area contributed by atoms with Crippen molar-refractivity contribution in [2.24, 2.45) is 0 Å². The molecule has 1 N–H and O–H groups in total. The summed E-state index contributed by atoms with van der Waals surface area (Å²) in [6, 6.07) is 8.53. The number of ether oxygens (including phenoxy) is 1. The number of ketones is 1. The highest BCUT2D eigenvalue weighted by molar-refractivity contribution is 6.07. The molecule has 17 heavy (non-hydrogen) atoms. The molecule has 0 aromatic heterocycles. The molecule has 1 rings (SSSR count). The van der Waals surface area contributed by atoms with E-state index in [1.54, 1.807) is 37.3 Å². The molecule has 0 aliphatic heterocycles. The predicted molar refractivity (Wildman–Crippen MR) is 61.2 cm³/mol. The first-order valence-electron chi connectivity index (χ1n) is 5.03. The SMILES string of the molecule is C=C(NOC(=O)OCC)C(=O)c1ccccc1. The third-order valence-electron chi connectivity index (χ3n) is 1.83. The fraction of sp³-hybridized carbons (Fsp3) is 0.167. The lowest BCUT2D eigenvalue weighted by Crippen LogP contribution is -2.24. The molecule has 0 radical (unpaired) electrons. The van der Waals surface area contributed by atoms with Crippen LogP contribution in [0.5, 0.6) is 0 Å². The third kappa shape index (κ3) is 3.98. The van der Waals surface area contributed by atoms with Crippen molar-refractivity contribution in [2.45, 2.75) is 6.92 Å². The lowest BCUT2D eigenvalue weighted by molar-refractivity contribution is 0.0292. The van der Waals surface area contributed by atoms with Crippen molar-refractivity contribution in [2.75, 3.05) is 6.61 Å². The number of rotatable bonds is 5. The Morgan fingerprint density at radius 1 is 1.29 bits per heavy atom. The highest BCUT2D eigenvalue weighted by Gasteiger charge is 2.11. The van der Waals surface area contributed by atoms with Crippen LogP contribution < -0.4 is 5.48 Å². The van der Waals surface area contributed by atoms with Crippen LogP contribution in [0.2, 0.25) is 0 Å². The van der Waals surface area contributed by atoms with E-state index < -0.39 is 6.16 Å². The molecule has 0 saturated carbocycles. The minimum atomic E-state index is -0.908. The van der Waals surface area contributed by atoms with E-state index in [0.717, 1.165) is 0 Å². The molecule has 90 valence electrons. The van der Waals surface area contributed by atoms with Gasteiger partial charge in [-0.2, -0.15) is 0 Å². The van der Waals surface area contributed by atoms with Gasteiger partial charge >= 0.3 is 6.16 Å². The van der Waals surface area contributed by atoms with E-state index in [0.29, 0.717) is 5.56 Å². The van der Waals surface area contributed by atoms with Gasteiger partial charge in [0.05, 0.1) is 6.61 Å². The predicted octanol–water partition coefficient (Wildman–Crippen LogP) is 2.06. The van der Waals surface area contributed by atoms with Crippen LogP contribution in [0.4, 0.5) is 4.79 Å². The van der Waals surface area contributed by atoms with Gasteiger partial charge in [-0.25, -0.2) is 10.3 Å². The molecule has 0 bridgehead atoms. The Bertz CT molecular complexity index is 414. The van der Waals surface area contributed by atoms with Gasteiger partial charge in [0.2, 0.25) is 5.78 Å². The number of hydrogen-bond acceptors (Lipinski definition) is 5. The molecule has 0 aliphatic carbocycles. The quantitative estimate of drug-likeness (QED) is 0.366. The minimum absolute atomic E-state index is 0.0377. The standard InChI is InChI=1S/C12H13NO4/c1-3-16-12(15)17-13-9(2)11(14)10-7-5-4-6-8-10/h4-8,13H,2-3H2,1H3. The summed E-state index contributed by atoms with van der Waals surface area (Å²) >= 11 is 0. The van der Waals surface area contributed by atoms with E-state index >= 15 is 0 Å². The summed E-state index contributed by atoms with van der Waals surface area (Å²) in [5, 5.41) is 0. The first-order chi connectivity index (χ1) is 8.15. The van der Waals surface area contributed by atoms with Crippen LogP contribution in [0.1, 0.15) is 17.3 Å². The summed E-state index contributed by atoms with van der Waals surface area (Å²) in [5.74, 6) is -0.352. The minimum Gasteiger partial charge on any atom is -0.433 e. The molecule has 0 aliphatic rings. The van der Waals surface area contributed by atoms with Crippen molar-refractivity contribution in [3.05, 3.63) is 48.2 Å². The molecule has 1 aromatic rings. The van der Waals surface area contributed by atoms with Gasteiger partial charge in [-0.3, -0.25) is 4.79 Å². The molecule has 0 spiro atoms. The van der Waals surface area contributed by atoms with Crippen molar-refractivity contribution in [1.29, 1.82) is 0 Å². The second-order valence-electron chi connectivity index (χ2n) is 3.06. The fourth-order valence-corrected chi connectivity index (χ4v) is 1.06. The number of carbonyl (C=O) groups excluding carboxylic acids is 2. The van der Waals surface area contributed by atoms with E-state index in [9.17, 15) is 9.59 Å². The molecule has 0 saturated heterocycles. The van der Waals surface area contributed by atoms with Gasteiger partial charge in [-0.15, -0.1) is 0 Å². The first kappa shape index (κ1) is 12.8. The van der Waals surface area contributed by atoms with E-state index in [1.165, 1.54) is 0 Å². The Kier molecular flexibility index (Phi) is 4.75. The highest BCUT2D eigenvalue weighted by atomic mass is 16.8. The normalized spacial score (nSPS) is 9.24. The molecule has 0 amide bonds. The van der Waals surface area contributed by atoms with Gasteiger partial charge in [0.25, 0.3) is 0 Å². The Balaban J connectivity index is 2.49. The lowest BCUT2D eigenvalue weighted by atomic mass is 10.1. The second-order valence-corrected chi connectivity index (χ2v) is 3.06. The smallest absolute Gasteiger partial charge is 0.433 e. The Labute approximate surface area is 99.0 Å². The maximum Gasteiger partial charge on any atom is 0.533 e. The Hall–Kier alpha value is -2.30. The topological polar surface area (TPSA) is 64.6 Å². The van der Waals surface area contributed by atoms with Crippen molar-refractivity contribution in [3.8, 4) is 0 Å². The zero-order valence-electron chi connectivity index (χ0n) is 9.43. The summed E-state index contributed by atoms with van der Waals surface area (Å²) in [5.41, 5.74) is 2.57. The van der Waals surface area contributed by atoms with Crippen LogP contribution in [0.3, 0.4) is 0 Å². The maximum atomic E-state index is 11.7. The van der Waals surface area contributed by atoms with Gasteiger partial charge in [0.1, 0.15) is 5.70 Å². The number of allylic oxidation sites excluding steroid dienone is 1. The summed E-state index contributed by atoms with van der Waals surface area (Å²) in [6.07, 6.45) is -0.908. The van der Waals surface area contributed by atoms with Gasteiger partial charge in [-0.05, 0) is 6.92 Å². The third-order valence-corrected chi connectivity index (χ3v) is 1.83. The zero-order chi connectivity index (χ0) is 12.7. The molecule has 0 fully saturated rings. The number of hydroxylamine groups is 1. The van der Waals surface area contributed by atoms with E-state index in [4.69, 9.17) is 0 Å². The van der Waals surface area contributed by atoms with Crippen LogP contribution in [0.15, 0.2) is 42.6 Å². The number of carbonyl (C=O) groups is 2. The summed E-state index contributed by atoms with van der Waals surface area (Å²) < 4.78 is 4.50. The van der Waals surface area contributed by atoms with Crippen LogP contribution >= 0.6 is 0 Å². The van der Waals surface area contributed by atoms with Crippen LogP contribution in [0.25, 0.3) is 0 Å². The second kappa shape index (κ2) is 6.32. The van der Waals surface area contributed by atoms with Gasteiger partial charge < -0.3 is 9.57 Å². The summed E-state index contributed by atoms with van der Waals surface area (Å²) in [4.78, 5) is 27.0. The summed E-state index contributed by atoms with van der Waals surface area (Å²) in [7, 11) is 0. The Morgan fingerprint density at radius 2 is 1.94 bits per heavy atom. The van der Waals surface area contributed by atoms with Gasteiger partial charge in [0, 0.05) is 5.56 Å². The number of Topliss-reactive ketones (excluding diaryl/α,β-unsaturated/α-hetero) is 1. The van der Waals surface area contributed by atoms with Crippen molar-refractivity contribution in [1.82, 2.24) is 5.48 Å². The van der Waals surface area contributed by atoms with Crippen LogP contribution in [-0.2, 0) is 9.57 Å². The molecule has 0 heterocycles. The van der Waals surface area contributed by atoms with Crippen LogP contribution in [0, 0.1) is 0 Å². The first-order valence-corrected chi connectivity index (χ1v) is 5.03. The zero-order valence-corrected chi connectivity index (χ0v) is 9.43. The molecule has 5 nitrogen and oxygen atoms in total. The average molecular weight is 235 g/mol. The Morgan fingerprint density at radius 3 is 2.53 bits per heavy atom. The van der Waals surface area contributed by atoms with Crippen molar-refractivity contribution < 1.29 is 19.2 Å². The summed E-state index contributed by atoms with van der Waals surface area (Å²) in [6.45, 7) is 5.31. The van der Waals surface area contributed by atoms with Crippen LogP contribution in [-0.4, -0.2) is 18.5 Å². The average Bonchev–Trinajstić information content (AvgIpc) is 2.36. The number of benzene rings is 1.